The van der Waals surface area contributed by atoms with Crippen LogP contribution in [0, 0.1) is 6.07 Å². The molecule has 0 N–H and O–H groups in total. The van der Waals surface area contributed by atoms with E-state index in [9.17, 15) is 0 Å². The average molecular weight is 1080 g/mol. The molecule has 2 aliphatic carbocycles. The van der Waals surface area contributed by atoms with E-state index in [2.05, 4.69) is 168 Å². The van der Waals surface area contributed by atoms with Gasteiger partial charge < -0.3 is 0 Å². The van der Waals surface area contributed by atoms with Crippen molar-refractivity contribution in [3.8, 4) is 44.6 Å². The van der Waals surface area contributed by atoms with E-state index < -0.39 is 0 Å². The van der Waals surface area contributed by atoms with Gasteiger partial charge in [-0.3, -0.25) is 4.98 Å². The molecule has 6 aromatic carbocycles. The molecular formula is C66H76IrN-. The zero-order chi connectivity index (χ0) is 46.2. The molecule has 1 atom stereocenters. The van der Waals surface area contributed by atoms with Gasteiger partial charge in [0.2, 0.25) is 0 Å². The van der Waals surface area contributed by atoms with Crippen LogP contribution < -0.4 is 0 Å². The minimum Gasteiger partial charge on any atom is -0.296 e. The van der Waals surface area contributed by atoms with Gasteiger partial charge >= 0.3 is 0 Å². The van der Waals surface area contributed by atoms with Crippen LogP contribution in [0.4, 0.5) is 0 Å². The van der Waals surface area contributed by atoms with Crippen LogP contribution in [0.2, 0.25) is 0 Å². The van der Waals surface area contributed by atoms with Gasteiger partial charge in [-0.1, -0.05) is 232 Å². The number of hydrogen-bond acceptors (Lipinski definition) is 1. The van der Waals surface area contributed by atoms with Crippen molar-refractivity contribution in [3.63, 3.8) is 0 Å². The van der Waals surface area contributed by atoms with Crippen molar-refractivity contribution < 1.29 is 20.1 Å². The summed E-state index contributed by atoms with van der Waals surface area (Å²) in [5, 5.41) is 1.22. The summed E-state index contributed by atoms with van der Waals surface area (Å²) in [6, 6.07) is 53.4. The number of aromatic nitrogens is 1. The minimum absolute atomic E-state index is 0. The molecule has 0 aliphatic heterocycles. The third-order valence-electron chi connectivity index (χ3n) is 16.0. The number of rotatable bonds is 23. The van der Waals surface area contributed by atoms with E-state index >= 15 is 0 Å². The molecule has 1 unspecified atom stereocenters. The van der Waals surface area contributed by atoms with Crippen molar-refractivity contribution in [3.05, 3.63) is 172 Å². The van der Waals surface area contributed by atoms with Crippen molar-refractivity contribution in [2.45, 2.75) is 174 Å². The Bertz CT molecular complexity index is 2740. The molecule has 9 rings (SSSR count). The zero-order valence-electron chi connectivity index (χ0n) is 42.0. The van der Waals surface area contributed by atoms with Gasteiger partial charge in [-0.05, 0) is 124 Å². The van der Waals surface area contributed by atoms with Crippen LogP contribution >= 0.6 is 0 Å². The predicted octanol–water partition coefficient (Wildman–Crippen LogP) is 19.2. The van der Waals surface area contributed by atoms with Crippen LogP contribution in [0.1, 0.15) is 189 Å². The van der Waals surface area contributed by atoms with Gasteiger partial charge in [0.15, 0.2) is 0 Å². The van der Waals surface area contributed by atoms with Gasteiger partial charge in [0.1, 0.15) is 0 Å². The molecule has 0 fully saturated rings. The molecular weight excluding hydrogens is 999 g/mol. The van der Waals surface area contributed by atoms with Gasteiger partial charge in [-0.15, -0.1) is 29.3 Å². The summed E-state index contributed by atoms with van der Waals surface area (Å²) < 4.78 is 0. The Balaban J connectivity index is 0.00000625. The Kier molecular flexibility index (Phi) is 16.7. The number of aryl methyl sites for hydroxylation is 2. The average Bonchev–Trinajstić information content (AvgIpc) is 3.78. The molecule has 1 nitrogen and oxygen atoms in total. The molecule has 0 bridgehead atoms. The number of unbranched alkanes of at least 4 members (excludes halogenated alkanes) is 12. The quantitative estimate of drug-likeness (QED) is 0.0460. The van der Waals surface area contributed by atoms with Gasteiger partial charge in [0.05, 0.1) is 5.52 Å². The maximum atomic E-state index is 5.57. The SMILES string of the molecule is CCCCCCc1cc(CCCCCC)cc(-c2ccc3c(c2)C(C)(c2ccccc2)c2cc(-c4ccc5cc6c(cc5n4)C(CCCCCC)(CCCCCC)c4ccccc4-6)[c-]cc2-3)c1.[Ir]. The third-order valence-corrected chi connectivity index (χ3v) is 16.0. The molecule has 0 amide bonds. The van der Waals surface area contributed by atoms with Crippen molar-refractivity contribution in [1.29, 1.82) is 0 Å². The van der Waals surface area contributed by atoms with Gasteiger partial charge in [-0.25, -0.2) is 0 Å². The summed E-state index contributed by atoms with van der Waals surface area (Å²) in [7, 11) is 0. The van der Waals surface area contributed by atoms with Crippen LogP contribution in [0.15, 0.2) is 127 Å². The van der Waals surface area contributed by atoms with Gasteiger partial charge in [-0.2, -0.15) is 0 Å². The molecule has 2 aliphatic rings. The normalized spacial score (nSPS) is 15.2. The number of pyridine rings is 1. The summed E-state index contributed by atoms with van der Waals surface area (Å²) >= 11 is 0. The summed E-state index contributed by atoms with van der Waals surface area (Å²) in [5.41, 5.74) is 21.1. The number of benzene rings is 6. The fourth-order valence-electron chi connectivity index (χ4n) is 12.2. The molecule has 1 aromatic heterocycles. The molecule has 68 heavy (non-hydrogen) atoms. The predicted molar refractivity (Wildman–Crippen MR) is 288 cm³/mol. The zero-order valence-corrected chi connectivity index (χ0v) is 44.4. The van der Waals surface area contributed by atoms with E-state index in [0.717, 1.165) is 29.6 Å². The maximum absolute atomic E-state index is 5.57. The Morgan fingerprint density at radius 3 is 1.72 bits per heavy atom. The van der Waals surface area contributed by atoms with E-state index in [1.54, 1.807) is 5.56 Å². The first-order valence-corrected chi connectivity index (χ1v) is 26.9. The number of hydrogen-bond donors (Lipinski definition) is 0. The first kappa shape index (κ1) is 49.8. The fraction of sp³-hybridized carbons (Fsp3) is 0.409. The maximum Gasteiger partial charge on any atom is 0.0598 e. The summed E-state index contributed by atoms with van der Waals surface area (Å²) in [6.07, 6.45) is 25.3. The van der Waals surface area contributed by atoms with E-state index in [4.69, 9.17) is 4.98 Å². The van der Waals surface area contributed by atoms with Crippen molar-refractivity contribution in [2.24, 2.45) is 0 Å². The third kappa shape index (κ3) is 10.0. The standard InChI is InChI=1S/C66H76N.Ir/c1-6-10-14-19-27-48-41-49(28-20-15-11-7-2)43-53(42-48)50-33-36-56-57-37-34-52(46-61(57)65(5,60(56)45-50)54-29-21-18-22-30-54)63-38-35-51-44-58-55-31-23-24-32-59(55)66(39-25-16-12-8-3,40-26-17-13-9-4)62(58)47-64(51)67-63;/h18,21-24,29-33,35-38,41-47H,6-17,19-20,25-28,39-40H2,1-5H3;/q-1;. The topological polar surface area (TPSA) is 12.9 Å². The Labute approximate surface area is 424 Å². The van der Waals surface area contributed by atoms with Crippen molar-refractivity contribution in [1.82, 2.24) is 4.98 Å². The molecule has 0 saturated carbocycles. The second kappa shape index (κ2) is 22.9. The van der Waals surface area contributed by atoms with Crippen molar-refractivity contribution >= 4 is 10.9 Å². The van der Waals surface area contributed by atoms with E-state index in [-0.39, 0.29) is 30.9 Å². The van der Waals surface area contributed by atoms with Crippen LogP contribution in [-0.4, -0.2) is 4.98 Å². The van der Waals surface area contributed by atoms with Crippen LogP contribution in [0.25, 0.3) is 55.5 Å². The second-order valence-electron chi connectivity index (χ2n) is 20.6. The molecule has 0 spiro atoms. The second-order valence-corrected chi connectivity index (χ2v) is 20.6. The van der Waals surface area contributed by atoms with E-state index in [0.29, 0.717) is 0 Å². The summed E-state index contributed by atoms with van der Waals surface area (Å²) in [4.78, 5) is 5.57. The van der Waals surface area contributed by atoms with Crippen molar-refractivity contribution in [2.75, 3.05) is 0 Å². The number of nitrogens with zero attached hydrogens (tertiary/aromatic N) is 1. The largest absolute Gasteiger partial charge is 0.296 e. The fourth-order valence-corrected chi connectivity index (χ4v) is 12.2. The van der Waals surface area contributed by atoms with Crippen LogP contribution in [0.5, 0.6) is 0 Å². The monoisotopic (exact) mass is 1080 g/mol. The Morgan fingerprint density at radius 2 is 1.06 bits per heavy atom. The Morgan fingerprint density at radius 1 is 0.456 bits per heavy atom. The molecule has 2 heteroatoms. The summed E-state index contributed by atoms with van der Waals surface area (Å²) in [5.74, 6) is 0. The van der Waals surface area contributed by atoms with Gasteiger partial charge in [0, 0.05) is 30.9 Å². The van der Waals surface area contributed by atoms with E-state index in [1.165, 1.54) is 188 Å². The van der Waals surface area contributed by atoms with Crippen LogP contribution in [-0.2, 0) is 43.8 Å². The molecule has 1 radical (unpaired) electrons. The van der Waals surface area contributed by atoms with E-state index in [1.807, 2.05) is 0 Å². The molecule has 7 aromatic rings. The number of fused-ring (bicyclic) bond motifs is 7. The molecule has 355 valence electrons. The molecule has 1 heterocycles. The minimum atomic E-state index is -0.342. The summed E-state index contributed by atoms with van der Waals surface area (Å²) in [6.45, 7) is 11.7. The first-order valence-electron chi connectivity index (χ1n) is 26.9. The smallest absolute Gasteiger partial charge is 0.0598 e. The van der Waals surface area contributed by atoms with Crippen LogP contribution in [0.3, 0.4) is 0 Å². The first-order chi connectivity index (χ1) is 32.9. The molecule has 0 saturated heterocycles. The Hall–Kier alpha value is -4.62. The van der Waals surface area contributed by atoms with Gasteiger partial charge in [0.25, 0.3) is 0 Å².